The van der Waals surface area contributed by atoms with Crippen LogP contribution in [0.1, 0.15) is 18.4 Å². The van der Waals surface area contributed by atoms with Crippen molar-refractivity contribution in [1.29, 1.82) is 0 Å². The van der Waals surface area contributed by atoms with Gasteiger partial charge in [0.25, 0.3) is 5.69 Å². The lowest BCUT2D eigenvalue weighted by Gasteiger charge is -2.34. The SMILES string of the molecule is Cc1cccc(NC(=O)N2CCN(C(=O)CCCn3c(=O)oc4cc([N+](=O)[O-])ccc43)CC2)c1. The Morgan fingerprint density at radius 2 is 1.82 bits per heavy atom. The van der Waals surface area contributed by atoms with Crippen molar-refractivity contribution in [3.8, 4) is 0 Å². The number of benzene rings is 2. The number of hydrogen-bond donors (Lipinski definition) is 1. The molecule has 11 heteroatoms. The predicted octanol–water partition coefficient (Wildman–Crippen LogP) is 2.97. The molecule has 1 aromatic heterocycles. The lowest BCUT2D eigenvalue weighted by Crippen LogP contribution is -2.51. The smallest absolute Gasteiger partial charge is 0.407 e. The van der Waals surface area contributed by atoms with Gasteiger partial charge in [-0.2, -0.15) is 0 Å². The van der Waals surface area contributed by atoms with E-state index in [4.69, 9.17) is 4.42 Å². The van der Waals surface area contributed by atoms with Crippen LogP contribution in [0.3, 0.4) is 0 Å². The first-order valence-corrected chi connectivity index (χ1v) is 11.0. The summed E-state index contributed by atoms with van der Waals surface area (Å²) in [4.78, 5) is 51.0. The van der Waals surface area contributed by atoms with Gasteiger partial charge in [-0.25, -0.2) is 9.59 Å². The minimum absolute atomic E-state index is 0.0461. The highest BCUT2D eigenvalue weighted by molar-refractivity contribution is 5.89. The number of urea groups is 1. The molecule has 2 aromatic carbocycles. The first kappa shape index (κ1) is 23.0. The lowest BCUT2D eigenvalue weighted by molar-refractivity contribution is -0.384. The number of hydrogen-bond acceptors (Lipinski definition) is 6. The van der Waals surface area contributed by atoms with Gasteiger partial charge >= 0.3 is 11.8 Å². The van der Waals surface area contributed by atoms with E-state index >= 15 is 0 Å². The number of nitrogens with one attached hydrogen (secondary N) is 1. The van der Waals surface area contributed by atoms with Gasteiger partial charge < -0.3 is 19.5 Å². The van der Waals surface area contributed by atoms with Gasteiger partial charge in [0, 0.05) is 50.9 Å². The Morgan fingerprint density at radius 3 is 2.53 bits per heavy atom. The average molecular weight is 467 g/mol. The number of piperazine rings is 1. The molecule has 178 valence electrons. The van der Waals surface area contributed by atoms with Crippen molar-refractivity contribution in [1.82, 2.24) is 14.4 Å². The van der Waals surface area contributed by atoms with Crippen molar-refractivity contribution in [2.45, 2.75) is 26.3 Å². The Morgan fingerprint density at radius 1 is 1.09 bits per heavy atom. The summed E-state index contributed by atoms with van der Waals surface area (Å²) < 4.78 is 6.49. The van der Waals surface area contributed by atoms with E-state index < -0.39 is 10.7 Å². The molecule has 1 fully saturated rings. The van der Waals surface area contributed by atoms with E-state index in [1.807, 2.05) is 31.2 Å². The quantitative estimate of drug-likeness (QED) is 0.438. The Labute approximate surface area is 194 Å². The fourth-order valence-electron chi connectivity index (χ4n) is 4.01. The molecule has 34 heavy (non-hydrogen) atoms. The van der Waals surface area contributed by atoms with Crippen LogP contribution >= 0.6 is 0 Å². The molecule has 0 bridgehead atoms. The molecule has 1 aliphatic heterocycles. The van der Waals surface area contributed by atoms with Gasteiger partial charge in [0.2, 0.25) is 5.91 Å². The molecule has 2 heterocycles. The second-order valence-electron chi connectivity index (χ2n) is 8.20. The third-order valence-electron chi connectivity index (χ3n) is 5.82. The number of aryl methyl sites for hydroxylation is 2. The molecule has 0 unspecified atom stereocenters. The van der Waals surface area contributed by atoms with Crippen molar-refractivity contribution in [2.75, 3.05) is 31.5 Å². The molecule has 4 rings (SSSR count). The van der Waals surface area contributed by atoms with E-state index in [1.54, 1.807) is 9.80 Å². The third kappa shape index (κ3) is 5.08. The molecule has 0 spiro atoms. The van der Waals surface area contributed by atoms with Crippen LogP contribution in [0.5, 0.6) is 0 Å². The van der Waals surface area contributed by atoms with Crippen molar-refractivity contribution >= 4 is 34.4 Å². The normalized spacial score (nSPS) is 13.8. The zero-order chi connectivity index (χ0) is 24.2. The average Bonchev–Trinajstić information content (AvgIpc) is 3.13. The summed E-state index contributed by atoms with van der Waals surface area (Å²) in [6, 6.07) is 11.4. The Balaban J connectivity index is 1.26. The fourth-order valence-corrected chi connectivity index (χ4v) is 4.01. The number of carbonyl (C=O) groups is 2. The number of nitro groups is 1. The molecule has 0 radical (unpaired) electrons. The number of aromatic nitrogens is 1. The maximum atomic E-state index is 12.6. The van der Waals surface area contributed by atoms with Crippen LogP contribution < -0.4 is 11.1 Å². The molecule has 11 nitrogen and oxygen atoms in total. The van der Waals surface area contributed by atoms with Crippen LogP contribution in [0.25, 0.3) is 11.1 Å². The van der Waals surface area contributed by atoms with Gasteiger partial charge in [-0.05, 0) is 37.1 Å². The van der Waals surface area contributed by atoms with Gasteiger partial charge in [-0.1, -0.05) is 12.1 Å². The number of nitrogens with zero attached hydrogens (tertiary/aromatic N) is 4. The monoisotopic (exact) mass is 467 g/mol. The van der Waals surface area contributed by atoms with Crippen LogP contribution in [-0.2, 0) is 11.3 Å². The van der Waals surface area contributed by atoms with E-state index in [0.29, 0.717) is 38.1 Å². The summed E-state index contributed by atoms with van der Waals surface area (Å²) in [6.07, 6.45) is 0.653. The second kappa shape index (κ2) is 9.77. The number of anilines is 1. The second-order valence-corrected chi connectivity index (χ2v) is 8.20. The molecule has 0 saturated carbocycles. The van der Waals surface area contributed by atoms with Gasteiger partial charge in [-0.3, -0.25) is 19.5 Å². The highest BCUT2D eigenvalue weighted by Gasteiger charge is 2.24. The number of nitro benzene ring substituents is 1. The highest BCUT2D eigenvalue weighted by Crippen LogP contribution is 2.20. The summed E-state index contributed by atoms with van der Waals surface area (Å²) in [7, 11) is 0. The fraction of sp³-hybridized carbons (Fsp3) is 0.348. The maximum absolute atomic E-state index is 12.6. The molecule has 0 aliphatic carbocycles. The van der Waals surface area contributed by atoms with Crippen molar-refractivity contribution < 1.29 is 18.9 Å². The van der Waals surface area contributed by atoms with Crippen LogP contribution in [0.15, 0.2) is 51.7 Å². The molecule has 0 atom stereocenters. The minimum Gasteiger partial charge on any atom is -0.407 e. The first-order chi connectivity index (χ1) is 16.3. The summed E-state index contributed by atoms with van der Waals surface area (Å²) in [5.41, 5.74) is 2.23. The molecular weight excluding hydrogens is 442 g/mol. The zero-order valence-corrected chi connectivity index (χ0v) is 18.7. The summed E-state index contributed by atoms with van der Waals surface area (Å²) >= 11 is 0. The lowest BCUT2D eigenvalue weighted by atomic mass is 10.2. The van der Waals surface area contributed by atoms with Gasteiger partial charge in [0.15, 0.2) is 5.58 Å². The molecule has 1 saturated heterocycles. The van der Waals surface area contributed by atoms with Gasteiger partial charge in [0.05, 0.1) is 16.5 Å². The number of rotatable bonds is 6. The molecule has 3 amide bonds. The Hall–Kier alpha value is -4.15. The Kier molecular flexibility index (Phi) is 6.62. The van der Waals surface area contributed by atoms with Crippen LogP contribution in [-0.4, -0.2) is 57.4 Å². The van der Waals surface area contributed by atoms with Crippen molar-refractivity contribution in [3.63, 3.8) is 0 Å². The number of oxazole rings is 1. The summed E-state index contributed by atoms with van der Waals surface area (Å²) in [6.45, 7) is 3.98. The van der Waals surface area contributed by atoms with E-state index in [2.05, 4.69) is 5.32 Å². The molecule has 3 aromatic rings. The van der Waals surface area contributed by atoms with Gasteiger partial charge in [0.1, 0.15) is 0 Å². The standard InChI is InChI=1S/C23H25N5O6/c1-16-4-2-5-17(14-16)24-22(30)26-12-10-25(11-13-26)21(29)6-3-9-27-19-8-7-18(28(32)33)15-20(19)34-23(27)31/h2,4-5,7-8,14-15H,3,6,9-13H2,1H3,(H,24,30). The van der Waals surface area contributed by atoms with Crippen molar-refractivity contribution in [3.05, 3.63) is 68.7 Å². The van der Waals surface area contributed by atoms with Crippen LogP contribution in [0.4, 0.5) is 16.2 Å². The molecule has 1 aliphatic rings. The van der Waals surface area contributed by atoms with Crippen LogP contribution in [0, 0.1) is 17.0 Å². The molecular formula is C23H25N5O6. The largest absolute Gasteiger partial charge is 0.419 e. The third-order valence-corrected chi connectivity index (χ3v) is 5.82. The van der Waals surface area contributed by atoms with E-state index in [-0.39, 0.29) is 36.2 Å². The maximum Gasteiger partial charge on any atom is 0.419 e. The zero-order valence-electron chi connectivity index (χ0n) is 18.7. The first-order valence-electron chi connectivity index (χ1n) is 11.0. The topological polar surface area (TPSA) is 131 Å². The molecule has 1 N–H and O–H groups in total. The number of fused-ring (bicyclic) bond motifs is 1. The number of non-ortho nitro benzene ring substituents is 1. The minimum atomic E-state index is -0.615. The van der Waals surface area contributed by atoms with Gasteiger partial charge in [-0.15, -0.1) is 0 Å². The number of carbonyl (C=O) groups excluding carboxylic acids is 2. The summed E-state index contributed by atoms with van der Waals surface area (Å²) in [5.74, 6) is -0.661. The van der Waals surface area contributed by atoms with E-state index in [1.165, 1.54) is 22.8 Å². The van der Waals surface area contributed by atoms with E-state index in [9.17, 15) is 24.5 Å². The van der Waals surface area contributed by atoms with Crippen LogP contribution in [0.2, 0.25) is 0 Å². The highest BCUT2D eigenvalue weighted by atomic mass is 16.6. The van der Waals surface area contributed by atoms with Crippen molar-refractivity contribution in [2.24, 2.45) is 0 Å². The summed E-state index contributed by atoms with van der Waals surface area (Å²) in [5, 5.41) is 13.8. The number of amides is 3. The Bertz CT molecular complexity index is 1290. The van der Waals surface area contributed by atoms with E-state index in [0.717, 1.165) is 11.3 Å². The predicted molar refractivity (Wildman–Crippen MR) is 125 cm³/mol.